The fourth-order valence-corrected chi connectivity index (χ4v) is 3.40. The Balaban J connectivity index is 2.00. The quantitative estimate of drug-likeness (QED) is 0.527. The summed E-state index contributed by atoms with van der Waals surface area (Å²) in [5, 5.41) is 0.469. The number of hydrogen-bond acceptors (Lipinski definition) is 1. The molecule has 2 unspecified atom stereocenters. The summed E-state index contributed by atoms with van der Waals surface area (Å²) in [7, 11) is 2.24. The van der Waals surface area contributed by atoms with E-state index in [0.29, 0.717) is 10.8 Å². The van der Waals surface area contributed by atoms with E-state index in [1.165, 1.54) is 45.2 Å². The zero-order chi connectivity index (χ0) is 8.60. The second kappa shape index (κ2) is 3.19. The van der Waals surface area contributed by atoms with Crippen molar-refractivity contribution < 1.29 is 0 Å². The van der Waals surface area contributed by atoms with Gasteiger partial charge in [-0.25, -0.2) is 0 Å². The van der Waals surface area contributed by atoms with E-state index in [0.717, 1.165) is 0 Å². The van der Waals surface area contributed by atoms with E-state index in [2.05, 4.69) is 11.9 Å². The van der Waals surface area contributed by atoms with Crippen LogP contribution in [0.5, 0.6) is 0 Å². The van der Waals surface area contributed by atoms with Gasteiger partial charge >= 0.3 is 0 Å². The third-order valence-corrected chi connectivity index (χ3v) is 3.87. The number of likely N-dealkylation sites (tertiary alicyclic amines) is 1. The molecule has 2 heteroatoms. The summed E-state index contributed by atoms with van der Waals surface area (Å²) in [4.78, 5) is 2.47. The molecule has 1 spiro atoms. The predicted molar refractivity (Wildman–Crippen MR) is 52.7 cm³/mol. The molecule has 0 N–H and O–H groups in total. The second-order valence-corrected chi connectivity index (χ2v) is 5.30. The van der Waals surface area contributed by atoms with Gasteiger partial charge in [0.1, 0.15) is 0 Å². The topological polar surface area (TPSA) is 3.24 Å². The molecule has 0 aromatic heterocycles. The standard InChI is InChI=1S/C10H18ClN/c1-12-6-2-4-10(8-12)5-3-9(11)7-10/h9H,2-8H2,1H3. The molecule has 0 radical (unpaired) electrons. The van der Waals surface area contributed by atoms with Crippen LogP contribution in [0.3, 0.4) is 0 Å². The minimum atomic E-state index is 0.469. The lowest BCUT2D eigenvalue weighted by Crippen LogP contribution is -2.39. The van der Waals surface area contributed by atoms with Gasteiger partial charge in [0.25, 0.3) is 0 Å². The average molecular weight is 188 g/mol. The van der Waals surface area contributed by atoms with Crippen molar-refractivity contribution in [3.63, 3.8) is 0 Å². The van der Waals surface area contributed by atoms with E-state index in [9.17, 15) is 0 Å². The third-order valence-electron chi connectivity index (χ3n) is 3.49. The molecular weight excluding hydrogens is 170 g/mol. The zero-order valence-corrected chi connectivity index (χ0v) is 8.61. The summed E-state index contributed by atoms with van der Waals surface area (Å²) in [6.07, 6.45) is 6.67. The number of alkyl halides is 1. The minimum absolute atomic E-state index is 0.469. The first-order valence-corrected chi connectivity index (χ1v) is 5.47. The average Bonchev–Trinajstić information content (AvgIpc) is 2.32. The fraction of sp³-hybridized carbons (Fsp3) is 1.00. The highest BCUT2D eigenvalue weighted by Crippen LogP contribution is 2.46. The van der Waals surface area contributed by atoms with Gasteiger partial charge in [-0.2, -0.15) is 0 Å². The van der Waals surface area contributed by atoms with E-state index in [-0.39, 0.29) is 0 Å². The molecule has 0 aromatic rings. The van der Waals surface area contributed by atoms with Crippen molar-refractivity contribution >= 4 is 11.6 Å². The van der Waals surface area contributed by atoms with Crippen molar-refractivity contribution in [2.45, 2.75) is 37.5 Å². The van der Waals surface area contributed by atoms with Crippen molar-refractivity contribution in [1.29, 1.82) is 0 Å². The van der Waals surface area contributed by atoms with Gasteiger partial charge in [-0.15, -0.1) is 11.6 Å². The van der Waals surface area contributed by atoms with Gasteiger partial charge in [-0.1, -0.05) is 0 Å². The Bertz CT molecular complexity index is 167. The highest BCUT2D eigenvalue weighted by atomic mass is 35.5. The molecule has 1 heterocycles. The smallest absolute Gasteiger partial charge is 0.0342 e. The first-order valence-electron chi connectivity index (χ1n) is 5.03. The highest BCUT2D eigenvalue weighted by molar-refractivity contribution is 6.20. The highest BCUT2D eigenvalue weighted by Gasteiger charge is 2.40. The molecule has 1 saturated carbocycles. The molecule has 1 nitrogen and oxygen atoms in total. The van der Waals surface area contributed by atoms with Gasteiger partial charge in [-0.3, -0.25) is 0 Å². The summed E-state index contributed by atoms with van der Waals surface area (Å²) in [6.45, 7) is 2.57. The van der Waals surface area contributed by atoms with Crippen LogP contribution >= 0.6 is 11.6 Å². The number of nitrogens with zero attached hydrogens (tertiary/aromatic N) is 1. The molecule has 1 aliphatic heterocycles. The Kier molecular flexibility index (Phi) is 2.35. The molecule has 0 aromatic carbocycles. The van der Waals surface area contributed by atoms with Gasteiger partial charge < -0.3 is 4.90 Å². The first kappa shape index (κ1) is 8.83. The van der Waals surface area contributed by atoms with E-state index < -0.39 is 0 Å². The van der Waals surface area contributed by atoms with Crippen molar-refractivity contribution in [2.24, 2.45) is 5.41 Å². The maximum atomic E-state index is 6.16. The van der Waals surface area contributed by atoms with Crippen LogP contribution in [-0.4, -0.2) is 30.4 Å². The Morgan fingerprint density at radius 2 is 2.25 bits per heavy atom. The minimum Gasteiger partial charge on any atom is -0.306 e. The van der Waals surface area contributed by atoms with Gasteiger partial charge in [-0.05, 0) is 51.1 Å². The maximum Gasteiger partial charge on any atom is 0.0342 e. The molecule has 2 fully saturated rings. The molecule has 12 heavy (non-hydrogen) atoms. The van der Waals surface area contributed by atoms with Crippen LogP contribution in [0.4, 0.5) is 0 Å². The Labute approximate surface area is 80.1 Å². The molecule has 1 aliphatic carbocycles. The lowest BCUT2D eigenvalue weighted by molar-refractivity contribution is 0.115. The van der Waals surface area contributed by atoms with E-state index in [1.54, 1.807) is 0 Å². The summed E-state index contributed by atoms with van der Waals surface area (Å²) in [6, 6.07) is 0. The predicted octanol–water partition coefficient (Wildman–Crippen LogP) is 2.49. The molecule has 2 rings (SSSR count). The molecule has 0 amide bonds. The number of rotatable bonds is 0. The van der Waals surface area contributed by atoms with Crippen LogP contribution in [0.1, 0.15) is 32.1 Å². The summed E-state index contributed by atoms with van der Waals surface area (Å²) >= 11 is 6.16. The second-order valence-electron chi connectivity index (χ2n) is 4.68. The van der Waals surface area contributed by atoms with Crippen LogP contribution in [0, 0.1) is 5.41 Å². The van der Waals surface area contributed by atoms with Gasteiger partial charge in [0.2, 0.25) is 0 Å². The summed E-state index contributed by atoms with van der Waals surface area (Å²) < 4.78 is 0. The number of piperidine rings is 1. The molecule has 2 aliphatic rings. The zero-order valence-electron chi connectivity index (χ0n) is 7.85. The lowest BCUT2D eigenvalue weighted by atomic mass is 9.79. The number of hydrogen-bond donors (Lipinski definition) is 0. The van der Waals surface area contributed by atoms with Crippen LogP contribution in [0.2, 0.25) is 0 Å². The molecule has 70 valence electrons. The van der Waals surface area contributed by atoms with Gasteiger partial charge in [0.05, 0.1) is 0 Å². The molecular formula is C10H18ClN. The van der Waals surface area contributed by atoms with Crippen molar-refractivity contribution in [3.05, 3.63) is 0 Å². The van der Waals surface area contributed by atoms with Crippen molar-refractivity contribution in [1.82, 2.24) is 4.90 Å². The van der Waals surface area contributed by atoms with E-state index in [1.807, 2.05) is 0 Å². The van der Waals surface area contributed by atoms with E-state index >= 15 is 0 Å². The van der Waals surface area contributed by atoms with Crippen molar-refractivity contribution in [2.75, 3.05) is 20.1 Å². The van der Waals surface area contributed by atoms with Crippen LogP contribution in [0.25, 0.3) is 0 Å². The molecule has 0 bridgehead atoms. The first-order chi connectivity index (χ1) is 5.70. The Hall–Kier alpha value is 0.250. The lowest BCUT2D eigenvalue weighted by Gasteiger charge is -2.38. The SMILES string of the molecule is CN1CCCC2(CCC(Cl)C2)C1. The van der Waals surface area contributed by atoms with Gasteiger partial charge in [0, 0.05) is 11.9 Å². The molecule has 2 atom stereocenters. The van der Waals surface area contributed by atoms with Crippen molar-refractivity contribution in [3.8, 4) is 0 Å². The summed E-state index contributed by atoms with van der Waals surface area (Å²) in [5.74, 6) is 0. The fourth-order valence-electron chi connectivity index (χ4n) is 2.96. The Morgan fingerprint density at radius 1 is 1.42 bits per heavy atom. The van der Waals surface area contributed by atoms with Crippen LogP contribution < -0.4 is 0 Å². The monoisotopic (exact) mass is 187 g/mol. The normalized spacial score (nSPS) is 44.0. The molecule has 1 saturated heterocycles. The Morgan fingerprint density at radius 3 is 2.83 bits per heavy atom. The largest absolute Gasteiger partial charge is 0.306 e. The number of halogens is 1. The van der Waals surface area contributed by atoms with Crippen LogP contribution in [0.15, 0.2) is 0 Å². The van der Waals surface area contributed by atoms with Crippen LogP contribution in [-0.2, 0) is 0 Å². The van der Waals surface area contributed by atoms with Gasteiger partial charge in [0.15, 0.2) is 0 Å². The van der Waals surface area contributed by atoms with E-state index in [4.69, 9.17) is 11.6 Å². The summed E-state index contributed by atoms with van der Waals surface area (Å²) in [5.41, 5.74) is 0.611. The maximum absolute atomic E-state index is 6.16. The third kappa shape index (κ3) is 1.62.